The quantitative estimate of drug-likeness (QED) is 0.0910. The first-order chi connectivity index (χ1) is 16.6. The van der Waals surface area contributed by atoms with Gasteiger partial charge in [0.15, 0.2) is 0 Å². The van der Waals surface area contributed by atoms with Crippen LogP contribution in [0.3, 0.4) is 0 Å². The van der Waals surface area contributed by atoms with Crippen LogP contribution in [0.4, 0.5) is 0 Å². The second-order valence-electron chi connectivity index (χ2n) is 10.3. The molecule has 0 spiro atoms. The van der Waals surface area contributed by atoms with Crippen molar-refractivity contribution >= 4 is 11.9 Å². The van der Waals surface area contributed by atoms with Crippen molar-refractivity contribution in [2.75, 3.05) is 13.2 Å². The normalized spacial score (nSPS) is 12.0. The van der Waals surface area contributed by atoms with Crippen LogP contribution in [0.15, 0.2) is 0 Å². The molecule has 0 aromatic rings. The summed E-state index contributed by atoms with van der Waals surface area (Å²) < 4.78 is 10.7. The fraction of sp³-hybridized carbons (Fsp3) is 0.933. The third kappa shape index (κ3) is 25.6. The highest BCUT2D eigenvalue weighted by Crippen LogP contribution is 2.17. The second kappa shape index (κ2) is 26.5. The number of hydrogen-bond donors (Lipinski definition) is 0. The Morgan fingerprint density at radius 2 is 0.912 bits per heavy atom. The van der Waals surface area contributed by atoms with Crippen molar-refractivity contribution in [2.45, 2.75) is 162 Å². The average Bonchev–Trinajstić information content (AvgIpc) is 2.83. The number of carbonyl (C=O) groups is 2. The molecule has 0 N–H and O–H groups in total. The zero-order chi connectivity index (χ0) is 25.1. The van der Waals surface area contributed by atoms with Crippen molar-refractivity contribution in [1.82, 2.24) is 0 Å². The van der Waals surface area contributed by atoms with Gasteiger partial charge in [0, 0.05) is 12.8 Å². The zero-order valence-corrected chi connectivity index (χ0v) is 23.2. The van der Waals surface area contributed by atoms with Crippen LogP contribution in [0.25, 0.3) is 0 Å². The number of unbranched alkanes of at least 4 members (excludes halogenated alkanes) is 15. The molecule has 4 heteroatoms. The smallest absolute Gasteiger partial charge is 0.305 e. The maximum Gasteiger partial charge on any atom is 0.305 e. The molecule has 0 aliphatic heterocycles. The van der Waals surface area contributed by atoms with Gasteiger partial charge in [-0.3, -0.25) is 9.59 Å². The Bertz CT molecular complexity index is 449. The highest BCUT2D eigenvalue weighted by molar-refractivity contribution is 5.69. The van der Waals surface area contributed by atoms with Gasteiger partial charge in [-0.15, -0.1) is 0 Å². The van der Waals surface area contributed by atoms with Gasteiger partial charge >= 0.3 is 11.9 Å². The lowest BCUT2D eigenvalue weighted by Gasteiger charge is -2.11. The van der Waals surface area contributed by atoms with Gasteiger partial charge in [-0.1, -0.05) is 124 Å². The Morgan fingerprint density at radius 3 is 1.44 bits per heavy atom. The molecule has 4 nitrogen and oxygen atoms in total. The van der Waals surface area contributed by atoms with Crippen LogP contribution in [0, 0.1) is 5.92 Å². The van der Waals surface area contributed by atoms with E-state index in [1.165, 1.54) is 96.3 Å². The molecule has 0 aromatic carbocycles. The van der Waals surface area contributed by atoms with Crippen molar-refractivity contribution in [1.29, 1.82) is 0 Å². The summed E-state index contributed by atoms with van der Waals surface area (Å²) in [4.78, 5) is 23.6. The molecule has 202 valence electrons. The van der Waals surface area contributed by atoms with Crippen LogP contribution < -0.4 is 0 Å². The number of hydrogen-bond acceptors (Lipinski definition) is 4. The molecule has 0 saturated carbocycles. The Kier molecular flexibility index (Phi) is 25.7. The minimum atomic E-state index is -0.0157. The predicted molar refractivity (Wildman–Crippen MR) is 144 cm³/mol. The summed E-state index contributed by atoms with van der Waals surface area (Å²) in [5.41, 5.74) is 0. The van der Waals surface area contributed by atoms with Crippen molar-refractivity contribution in [3.05, 3.63) is 0 Å². The summed E-state index contributed by atoms with van der Waals surface area (Å²) >= 11 is 0. The summed E-state index contributed by atoms with van der Waals surface area (Å²) in [7, 11) is 0. The van der Waals surface area contributed by atoms with Crippen molar-refractivity contribution in [3.63, 3.8) is 0 Å². The molecule has 0 amide bonds. The van der Waals surface area contributed by atoms with Gasteiger partial charge < -0.3 is 9.47 Å². The van der Waals surface area contributed by atoms with E-state index in [4.69, 9.17) is 9.47 Å². The highest BCUT2D eigenvalue weighted by atomic mass is 16.5. The first-order valence-electron chi connectivity index (χ1n) is 14.9. The molecule has 0 saturated heterocycles. The lowest BCUT2D eigenvalue weighted by Crippen LogP contribution is -2.08. The van der Waals surface area contributed by atoms with Crippen LogP contribution in [0.1, 0.15) is 162 Å². The summed E-state index contributed by atoms with van der Waals surface area (Å²) in [5, 5.41) is 0. The maximum absolute atomic E-state index is 11.8. The van der Waals surface area contributed by atoms with Gasteiger partial charge in [0.05, 0.1) is 13.2 Å². The van der Waals surface area contributed by atoms with Crippen LogP contribution in [0.5, 0.6) is 0 Å². The molecule has 0 aromatic heterocycles. The summed E-state index contributed by atoms with van der Waals surface area (Å²) in [6.07, 6.45) is 25.0. The summed E-state index contributed by atoms with van der Waals surface area (Å²) in [5.74, 6) is 0.575. The van der Waals surface area contributed by atoms with Crippen molar-refractivity contribution < 1.29 is 19.1 Å². The van der Waals surface area contributed by atoms with E-state index in [2.05, 4.69) is 20.8 Å². The highest BCUT2D eigenvalue weighted by Gasteiger charge is 2.08. The van der Waals surface area contributed by atoms with Gasteiger partial charge in [0.1, 0.15) is 0 Å². The summed E-state index contributed by atoms with van der Waals surface area (Å²) in [6, 6.07) is 0. The first kappa shape index (κ1) is 32.9. The van der Waals surface area contributed by atoms with Crippen LogP contribution in [-0.2, 0) is 19.1 Å². The fourth-order valence-corrected chi connectivity index (χ4v) is 4.26. The molecule has 0 bridgehead atoms. The van der Waals surface area contributed by atoms with Gasteiger partial charge in [-0.2, -0.15) is 0 Å². The monoisotopic (exact) mass is 482 g/mol. The zero-order valence-electron chi connectivity index (χ0n) is 23.2. The molecule has 0 radical (unpaired) electrons. The molecule has 1 unspecified atom stereocenters. The minimum Gasteiger partial charge on any atom is -0.466 e. The van der Waals surface area contributed by atoms with E-state index in [1.54, 1.807) is 0 Å². The molecule has 1 atom stereocenters. The molecule has 34 heavy (non-hydrogen) atoms. The fourth-order valence-electron chi connectivity index (χ4n) is 4.26. The Balaban J connectivity index is 3.34. The molecule has 0 rings (SSSR count). The summed E-state index contributed by atoms with van der Waals surface area (Å²) in [6.45, 7) is 7.88. The predicted octanol–water partition coefficient (Wildman–Crippen LogP) is 9.33. The van der Waals surface area contributed by atoms with Crippen LogP contribution in [0.2, 0.25) is 0 Å². The second-order valence-corrected chi connectivity index (χ2v) is 10.3. The number of rotatable bonds is 26. The topological polar surface area (TPSA) is 52.6 Å². The molecular formula is C30H58O4. The van der Waals surface area contributed by atoms with E-state index >= 15 is 0 Å². The SMILES string of the molecule is CCCCCCCOC(=O)CCCCCCCCCCC(C)CCC(=O)OCCCCCCC. The van der Waals surface area contributed by atoms with Crippen LogP contribution >= 0.6 is 0 Å². The standard InChI is InChI=1S/C30H58O4/c1-4-6-8-16-20-26-33-29(31)23-19-15-13-11-10-12-14-18-22-28(3)24-25-30(32)34-27-21-17-9-7-5-2/h28H,4-27H2,1-3H3. The third-order valence-corrected chi connectivity index (χ3v) is 6.69. The number of carbonyl (C=O) groups excluding carboxylic acids is 2. The number of ether oxygens (including phenoxy) is 2. The number of esters is 2. The third-order valence-electron chi connectivity index (χ3n) is 6.69. The molecule has 0 aliphatic rings. The lowest BCUT2D eigenvalue weighted by atomic mass is 9.97. The van der Waals surface area contributed by atoms with E-state index in [0.717, 1.165) is 32.1 Å². The molecule has 0 heterocycles. The average molecular weight is 483 g/mol. The first-order valence-corrected chi connectivity index (χ1v) is 14.9. The van der Waals surface area contributed by atoms with E-state index in [-0.39, 0.29) is 11.9 Å². The van der Waals surface area contributed by atoms with Crippen LogP contribution in [-0.4, -0.2) is 25.2 Å². The van der Waals surface area contributed by atoms with Gasteiger partial charge in [-0.25, -0.2) is 0 Å². The van der Waals surface area contributed by atoms with E-state index in [9.17, 15) is 9.59 Å². The molecular weight excluding hydrogens is 424 g/mol. The molecule has 0 aliphatic carbocycles. The van der Waals surface area contributed by atoms with Gasteiger partial charge in [0.25, 0.3) is 0 Å². The Hall–Kier alpha value is -1.06. The Labute approximate surface area is 212 Å². The van der Waals surface area contributed by atoms with Gasteiger partial charge in [0.2, 0.25) is 0 Å². The largest absolute Gasteiger partial charge is 0.466 e. The maximum atomic E-state index is 11.8. The van der Waals surface area contributed by atoms with E-state index < -0.39 is 0 Å². The Morgan fingerprint density at radius 1 is 0.500 bits per heavy atom. The van der Waals surface area contributed by atoms with Crippen molar-refractivity contribution in [3.8, 4) is 0 Å². The molecule has 0 fully saturated rings. The minimum absolute atomic E-state index is 0.0136. The van der Waals surface area contributed by atoms with Gasteiger partial charge in [-0.05, 0) is 31.6 Å². The van der Waals surface area contributed by atoms with Crippen molar-refractivity contribution in [2.24, 2.45) is 5.92 Å². The van der Waals surface area contributed by atoms with E-state index in [1.807, 2.05) is 0 Å². The lowest BCUT2D eigenvalue weighted by molar-refractivity contribution is -0.144. The van der Waals surface area contributed by atoms with E-state index in [0.29, 0.717) is 32.0 Å².